The summed E-state index contributed by atoms with van der Waals surface area (Å²) in [6.07, 6.45) is 8.30. The van der Waals surface area contributed by atoms with E-state index in [1.54, 1.807) is 0 Å². The number of esters is 1. The van der Waals surface area contributed by atoms with E-state index in [0.717, 1.165) is 19.4 Å². The van der Waals surface area contributed by atoms with Gasteiger partial charge in [0.15, 0.2) is 0 Å². The Bertz CT molecular complexity index is 246. The van der Waals surface area contributed by atoms with Gasteiger partial charge in [-0.3, -0.25) is 4.79 Å². The second-order valence-corrected chi connectivity index (χ2v) is 5.58. The minimum Gasteiger partial charge on any atom is -0.466 e. The van der Waals surface area contributed by atoms with Gasteiger partial charge in [0.25, 0.3) is 0 Å². The summed E-state index contributed by atoms with van der Waals surface area (Å²) in [7, 11) is 0. The van der Waals surface area contributed by atoms with E-state index in [1.165, 1.54) is 25.7 Å². The fraction of sp³-hybridized carbons (Fsp3) is 0.944. The minimum atomic E-state index is -0.140. The van der Waals surface area contributed by atoms with Gasteiger partial charge in [-0.25, -0.2) is 0 Å². The minimum absolute atomic E-state index is 0.140. The molecule has 0 aromatic rings. The summed E-state index contributed by atoms with van der Waals surface area (Å²) in [5.74, 6) is -0.140. The summed E-state index contributed by atoms with van der Waals surface area (Å²) in [6.45, 7) is 8.50. The van der Waals surface area contributed by atoms with Crippen LogP contribution in [0.2, 0.25) is 0 Å². The SMILES string of the molecule is CCCCCCCOCCOCCOCCCC(=O)OCCC. The van der Waals surface area contributed by atoms with E-state index in [1.807, 2.05) is 6.92 Å². The molecule has 0 radical (unpaired) electrons. The van der Waals surface area contributed by atoms with Crippen LogP contribution in [-0.4, -0.2) is 52.2 Å². The van der Waals surface area contributed by atoms with Crippen LogP contribution in [-0.2, 0) is 23.7 Å². The molecule has 0 aliphatic carbocycles. The zero-order valence-corrected chi connectivity index (χ0v) is 15.1. The van der Waals surface area contributed by atoms with Crippen LogP contribution in [0.25, 0.3) is 0 Å². The molecule has 5 heteroatoms. The summed E-state index contributed by atoms with van der Waals surface area (Å²) in [6, 6.07) is 0. The van der Waals surface area contributed by atoms with Gasteiger partial charge in [-0.1, -0.05) is 39.5 Å². The molecule has 0 aliphatic heterocycles. The average molecular weight is 332 g/mol. The lowest BCUT2D eigenvalue weighted by Crippen LogP contribution is -2.11. The number of unbranched alkanes of at least 4 members (excludes halogenated alkanes) is 4. The molecule has 0 saturated carbocycles. The monoisotopic (exact) mass is 332 g/mol. The average Bonchev–Trinajstić information content (AvgIpc) is 2.56. The maximum Gasteiger partial charge on any atom is 0.305 e. The predicted octanol–water partition coefficient (Wildman–Crippen LogP) is 3.74. The molecule has 0 atom stereocenters. The molecule has 0 heterocycles. The van der Waals surface area contributed by atoms with Gasteiger partial charge in [0.1, 0.15) is 0 Å². The highest BCUT2D eigenvalue weighted by molar-refractivity contribution is 5.69. The Kier molecular flexibility index (Phi) is 18.8. The molecule has 0 aliphatic rings. The summed E-state index contributed by atoms with van der Waals surface area (Å²) in [5, 5.41) is 0. The normalized spacial score (nSPS) is 10.9. The zero-order valence-electron chi connectivity index (χ0n) is 15.1. The third-order valence-corrected chi connectivity index (χ3v) is 3.27. The van der Waals surface area contributed by atoms with Gasteiger partial charge in [-0.05, 0) is 19.3 Å². The van der Waals surface area contributed by atoms with Crippen molar-refractivity contribution >= 4 is 5.97 Å². The first-order valence-corrected chi connectivity index (χ1v) is 9.20. The van der Waals surface area contributed by atoms with E-state index < -0.39 is 0 Å². The summed E-state index contributed by atoms with van der Waals surface area (Å²) >= 11 is 0. The molecule has 0 N–H and O–H groups in total. The summed E-state index contributed by atoms with van der Waals surface area (Å²) in [5.41, 5.74) is 0. The largest absolute Gasteiger partial charge is 0.466 e. The van der Waals surface area contributed by atoms with E-state index in [4.69, 9.17) is 18.9 Å². The Balaban J connectivity index is 3.04. The van der Waals surface area contributed by atoms with Crippen LogP contribution in [0, 0.1) is 0 Å². The second-order valence-electron chi connectivity index (χ2n) is 5.58. The van der Waals surface area contributed by atoms with Crippen molar-refractivity contribution in [2.24, 2.45) is 0 Å². The number of carbonyl (C=O) groups excluding carboxylic acids is 1. The number of hydrogen-bond donors (Lipinski definition) is 0. The Hall–Kier alpha value is -0.650. The highest BCUT2D eigenvalue weighted by Crippen LogP contribution is 2.02. The highest BCUT2D eigenvalue weighted by atomic mass is 16.5. The van der Waals surface area contributed by atoms with Gasteiger partial charge in [0.2, 0.25) is 0 Å². The van der Waals surface area contributed by atoms with Gasteiger partial charge in [-0.2, -0.15) is 0 Å². The van der Waals surface area contributed by atoms with E-state index in [2.05, 4.69) is 6.92 Å². The van der Waals surface area contributed by atoms with Crippen LogP contribution in [0.5, 0.6) is 0 Å². The molecule has 0 aromatic carbocycles. The van der Waals surface area contributed by atoms with Crippen LogP contribution in [0.1, 0.15) is 65.2 Å². The molecule has 0 fully saturated rings. The van der Waals surface area contributed by atoms with Gasteiger partial charge < -0.3 is 18.9 Å². The van der Waals surface area contributed by atoms with E-state index >= 15 is 0 Å². The van der Waals surface area contributed by atoms with Crippen molar-refractivity contribution in [2.45, 2.75) is 65.2 Å². The molecule has 0 amide bonds. The maximum absolute atomic E-state index is 11.2. The first-order valence-electron chi connectivity index (χ1n) is 9.20. The van der Waals surface area contributed by atoms with Crippen molar-refractivity contribution in [2.75, 3.05) is 46.2 Å². The Morgan fingerprint density at radius 2 is 1.17 bits per heavy atom. The molecule has 0 unspecified atom stereocenters. The molecule has 0 rings (SSSR count). The van der Waals surface area contributed by atoms with Crippen molar-refractivity contribution in [1.82, 2.24) is 0 Å². The lowest BCUT2D eigenvalue weighted by atomic mass is 10.2. The molecule has 5 nitrogen and oxygen atoms in total. The van der Waals surface area contributed by atoms with Crippen molar-refractivity contribution in [3.63, 3.8) is 0 Å². The zero-order chi connectivity index (χ0) is 17.0. The number of carbonyl (C=O) groups is 1. The lowest BCUT2D eigenvalue weighted by Gasteiger charge is -2.07. The van der Waals surface area contributed by atoms with Crippen molar-refractivity contribution in [1.29, 1.82) is 0 Å². The quantitative estimate of drug-likeness (QED) is 0.283. The van der Waals surface area contributed by atoms with Gasteiger partial charge in [0.05, 0.1) is 33.0 Å². The standard InChI is InChI=1S/C18H36O5/c1-3-5-6-7-8-12-20-14-16-22-17-15-21-13-9-10-18(19)23-11-4-2/h3-17H2,1-2H3. The fourth-order valence-corrected chi connectivity index (χ4v) is 1.96. The third-order valence-electron chi connectivity index (χ3n) is 3.27. The first-order chi connectivity index (χ1) is 11.3. The molecule has 0 saturated heterocycles. The summed E-state index contributed by atoms with van der Waals surface area (Å²) in [4.78, 5) is 11.2. The van der Waals surface area contributed by atoms with Crippen LogP contribution >= 0.6 is 0 Å². The lowest BCUT2D eigenvalue weighted by molar-refractivity contribution is -0.144. The van der Waals surface area contributed by atoms with Crippen molar-refractivity contribution in [3.8, 4) is 0 Å². The molecule has 0 spiro atoms. The molecule has 23 heavy (non-hydrogen) atoms. The van der Waals surface area contributed by atoms with Crippen LogP contribution in [0.3, 0.4) is 0 Å². The predicted molar refractivity (Wildman–Crippen MR) is 91.7 cm³/mol. The smallest absolute Gasteiger partial charge is 0.305 e. The van der Waals surface area contributed by atoms with Gasteiger partial charge in [-0.15, -0.1) is 0 Å². The van der Waals surface area contributed by atoms with Gasteiger partial charge >= 0.3 is 5.97 Å². The highest BCUT2D eigenvalue weighted by Gasteiger charge is 2.01. The molecule has 138 valence electrons. The maximum atomic E-state index is 11.2. The summed E-state index contributed by atoms with van der Waals surface area (Å²) < 4.78 is 21.3. The van der Waals surface area contributed by atoms with Crippen molar-refractivity contribution in [3.05, 3.63) is 0 Å². The number of rotatable bonds is 18. The van der Waals surface area contributed by atoms with Crippen molar-refractivity contribution < 1.29 is 23.7 Å². The Labute approximate surface area is 142 Å². The topological polar surface area (TPSA) is 54.0 Å². The molecule has 0 bridgehead atoms. The number of ether oxygens (including phenoxy) is 4. The van der Waals surface area contributed by atoms with Crippen LogP contribution < -0.4 is 0 Å². The third kappa shape index (κ3) is 19.3. The van der Waals surface area contributed by atoms with Gasteiger partial charge in [0, 0.05) is 19.6 Å². The molecular formula is C18H36O5. The second kappa shape index (κ2) is 19.4. The molecular weight excluding hydrogens is 296 g/mol. The number of hydrogen-bond acceptors (Lipinski definition) is 5. The Morgan fingerprint density at radius 3 is 1.78 bits per heavy atom. The fourth-order valence-electron chi connectivity index (χ4n) is 1.96. The molecule has 0 aromatic heterocycles. The van der Waals surface area contributed by atoms with E-state index in [9.17, 15) is 4.79 Å². The van der Waals surface area contributed by atoms with Crippen LogP contribution in [0.15, 0.2) is 0 Å². The first kappa shape index (κ1) is 22.4. The van der Waals surface area contributed by atoms with E-state index in [-0.39, 0.29) is 5.97 Å². The van der Waals surface area contributed by atoms with E-state index in [0.29, 0.717) is 52.5 Å². The van der Waals surface area contributed by atoms with Crippen LogP contribution in [0.4, 0.5) is 0 Å². The Morgan fingerprint density at radius 1 is 0.609 bits per heavy atom.